The Kier molecular flexibility index (Phi) is 4.43. The first-order chi connectivity index (χ1) is 9.29. The quantitative estimate of drug-likeness (QED) is 0.874. The van der Waals surface area contributed by atoms with E-state index in [4.69, 9.17) is 11.6 Å². The number of nitrogens with zero attached hydrogens (tertiary/aromatic N) is 2. The fraction of sp³-hybridized carbons (Fsp3) is 0.333. The van der Waals surface area contributed by atoms with Crippen molar-refractivity contribution in [1.29, 1.82) is 0 Å². The molecule has 108 valence electrons. The van der Waals surface area contributed by atoms with E-state index in [1.54, 1.807) is 6.92 Å². The van der Waals surface area contributed by atoms with Gasteiger partial charge in [0.2, 0.25) is 10.0 Å². The minimum absolute atomic E-state index is 0.0904. The summed E-state index contributed by atoms with van der Waals surface area (Å²) in [5.41, 5.74) is 0.844. The van der Waals surface area contributed by atoms with Crippen LogP contribution in [0.1, 0.15) is 28.5 Å². The second-order valence-electron chi connectivity index (χ2n) is 4.34. The molecule has 0 saturated carbocycles. The second-order valence-corrected chi connectivity index (χ2v) is 7.68. The predicted molar refractivity (Wildman–Crippen MR) is 79.6 cm³/mol. The summed E-state index contributed by atoms with van der Waals surface area (Å²) in [5.74, 6) is 0. The largest absolute Gasteiger partial charge is 0.247 e. The van der Waals surface area contributed by atoms with Gasteiger partial charge < -0.3 is 0 Å². The molecule has 0 saturated heterocycles. The summed E-state index contributed by atoms with van der Waals surface area (Å²) in [6.07, 6.45) is 1.24. The first-order valence-electron chi connectivity index (χ1n) is 5.87. The number of halogens is 1. The van der Waals surface area contributed by atoms with Gasteiger partial charge in [0.05, 0.1) is 16.7 Å². The lowest BCUT2D eigenvalue weighted by molar-refractivity contribution is 0.567. The van der Waals surface area contributed by atoms with Crippen LogP contribution < -0.4 is 4.72 Å². The van der Waals surface area contributed by atoms with Gasteiger partial charge in [0, 0.05) is 11.1 Å². The molecule has 8 heteroatoms. The molecule has 0 aromatic carbocycles. The molecule has 2 heterocycles. The Morgan fingerprint density at radius 1 is 1.35 bits per heavy atom. The van der Waals surface area contributed by atoms with Gasteiger partial charge in [-0.25, -0.2) is 23.1 Å². The molecule has 5 nitrogen and oxygen atoms in total. The van der Waals surface area contributed by atoms with Crippen molar-refractivity contribution < 1.29 is 8.42 Å². The summed E-state index contributed by atoms with van der Waals surface area (Å²) in [7, 11) is -3.62. The Balaban J connectivity index is 2.24. The Morgan fingerprint density at radius 2 is 2.05 bits per heavy atom. The van der Waals surface area contributed by atoms with Gasteiger partial charge in [-0.15, -0.1) is 11.3 Å². The Morgan fingerprint density at radius 3 is 2.55 bits per heavy atom. The molecule has 20 heavy (non-hydrogen) atoms. The average molecular weight is 332 g/mol. The zero-order valence-electron chi connectivity index (χ0n) is 11.2. The first-order valence-corrected chi connectivity index (χ1v) is 8.55. The molecule has 0 bridgehead atoms. The second kappa shape index (κ2) is 5.77. The van der Waals surface area contributed by atoms with Gasteiger partial charge in [0.15, 0.2) is 0 Å². The van der Waals surface area contributed by atoms with E-state index < -0.39 is 10.0 Å². The van der Waals surface area contributed by atoms with Crippen molar-refractivity contribution in [2.45, 2.75) is 31.7 Å². The summed E-state index contributed by atoms with van der Waals surface area (Å²) in [4.78, 5) is 9.08. The van der Waals surface area contributed by atoms with E-state index in [1.165, 1.54) is 29.7 Å². The van der Waals surface area contributed by atoms with Gasteiger partial charge in [-0.2, -0.15) is 0 Å². The van der Waals surface area contributed by atoms with Gasteiger partial charge in [0.1, 0.15) is 10.0 Å². The van der Waals surface area contributed by atoms with Crippen LogP contribution in [0.3, 0.4) is 0 Å². The monoisotopic (exact) mass is 331 g/mol. The van der Waals surface area contributed by atoms with Gasteiger partial charge in [-0.3, -0.25) is 0 Å². The maximum absolute atomic E-state index is 12.2. The van der Waals surface area contributed by atoms with E-state index >= 15 is 0 Å². The Bertz CT molecular complexity index is 711. The fourth-order valence-corrected chi connectivity index (χ4v) is 4.10. The Hall–Kier alpha value is -1.02. The molecule has 2 aromatic heterocycles. The van der Waals surface area contributed by atoms with Crippen LogP contribution in [0.25, 0.3) is 0 Å². The van der Waals surface area contributed by atoms with Gasteiger partial charge in [-0.1, -0.05) is 11.6 Å². The van der Waals surface area contributed by atoms with Crippen molar-refractivity contribution in [3.05, 3.63) is 39.1 Å². The van der Waals surface area contributed by atoms with Crippen LogP contribution in [0.2, 0.25) is 5.15 Å². The number of rotatable bonds is 4. The smallest absolute Gasteiger partial charge is 0.242 e. The summed E-state index contributed by atoms with van der Waals surface area (Å²) < 4.78 is 27.1. The number of pyridine rings is 1. The molecular formula is C12H14ClN3O2S2. The molecule has 0 aliphatic rings. The third-order valence-electron chi connectivity index (χ3n) is 2.68. The van der Waals surface area contributed by atoms with Crippen LogP contribution in [0, 0.1) is 13.8 Å². The number of thiazole rings is 1. The molecular weight excluding hydrogens is 318 g/mol. The summed E-state index contributed by atoms with van der Waals surface area (Å²) in [5, 5.41) is 1.17. The molecule has 2 rings (SSSR count). The van der Waals surface area contributed by atoms with E-state index in [-0.39, 0.29) is 16.1 Å². The molecule has 1 unspecified atom stereocenters. The Labute approximate surface area is 127 Å². The molecule has 0 aliphatic heterocycles. The van der Waals surface area contributed by atoms with Crippen LogP contribution in [0.4, 0.5) is 0 Å². The molecule has 2 aromatic rings. The third kappa shape index (κ3) is 3.35. The van der Waals surface area contributed by atoms with E-state index in [0.717, 1.165) is 15.6 Å². The highest BCUT2D eigenvalue weighted by Gasteiger charge is 2.21. The molecule has 0 aliphatic carbocycles. The van der Waals surface area contributed by atoms with Crippen molar-refractivity contribution in [3.63, 3.8) is 0 Å². The molecule has 0 spiro atoms. The average Bonchev–Trinajstić information content (AvgIpc) is 2.68. The summed E-state index contributed by atoms with van der Waals surface area (Å²) >= 11 is 7.14. The minimum Gasteiger partial charge on any atom is -0.247 e. The van der Waals surface area contributed by atoms with Gasteiger partial charge in [0.25, 0.3) is 0 Å². The summed E-state index contributed by atoms with van der Waals surface area (Å²) in [6.45, 7) is 5.56. The number of hydrogen-bond donors (Lipinski definition) is 1. The highest BCUT2D eigenvalue weighted by molar-refractivity contribution is 7.89. The highest BCUT2D eigenvalue weighted by Crippen LogP contribution is 2.25. The van der Waals surface area contributed by atoms with E-state index in [0.29, 0.717) is 0 Å². The maximum Gasteiger partial charge on any atom is 0.242 e. The van der Waals surface area contributed by atoms with Crippen LogP contribution in [0.15, 0.2) is 23.2 Å². The lowest BCUT2D eigenvalue weighted by Crippen LogP contribution is -2.26. The topological polar surface area (TPSA) is 72.0 Å². The highest BCUT2D eigenvalue weighted by atomic mass is 35.5. The lowest BCUT2D eigenvalue weighted by Gasteiger charge is -2.13. The van der Waals surface area contributed by atoms with Crippen LogP contribution in [-0.4, -0.2) is 18.4 Å². The van der Waals surface area contributed by atoms with Crippen molar-refractivity contribution in [2.75, 3.05) is 0 Å². The van der Waals surface area contributed by atoms with E-state index in [9.17, 15) is 8.42 Å². The SMILES string of the molecule is Cc1nc(C)c(C(C)NS(=O)(=O)c2ccc(Cl)nc2)s1. The molecule has 1 N–H and O–H groups in total. The molecule has 0 radical (unpaired) electrons. The first kappa shape index (κ1) is 15.4. The standard InChI is InChI=1S/C12H14ClN3O2S2/c1-7-12(19-9(3)15-7)8(2)16-20(17,18)10-4-5-11(13)14-6-10/h4-6,8,16H,1-3H3. The van der Waals surface area contributed by atoms with Crippen molar-refractivity contribution in [1.82, 2.24) is 14.7 Å². The number of aromatic nitrogens is 2. The fourth-order valence-electron chi connectivity index (χ4n) is 1.82. The zero-order valence-corrected chi connectivity index (χ0v) is 13.6. The normalized spacial score (nSPS) is 13.4. The number of aryl methyl sites for hydroxylation is 2. The lowest BCUT2D eigenvalue weighted by atomic mass is 10.2. The van der Waals surface area contributed by atoms with Gasteiger partial charge in [-0.05, 0) is 32.9 Å². The summed E-state index contributed by atoms with van der Waals surface area (Å²) in [6, 6.07) is 2.53. The number of nitrogens with one attached hydrogen (secondary N) is 1. The van der Waals surface area contributed by atoms with Crippen molar-refractivity contribution in [2.24, 2.45) is 0 Å². The molecule has 0 fully saturated rings. The zero-order chi connectivity index (χ0) is 14.9. The number of hydrogen-bond acceptors (Lipinski definition) is 5. The molecule has 1 atom stereocenters. The maximum atomic E-state index is 12.2. The van der Waals surface area contributed by atoms with Gasteiger partial charge >= 0.3 is 0 Å². The minimum atomic E-state index is -3.62. The van der Waals surface area contributed by atoms with E-state index in [2.05, 4.69) is 14.7 Å². The van der Waals surface area contributed by atoms with Crippen LogP contribution >= 0.6 is 22.9 Å². The van der Waals surface area contributed by atoms with Crippen LogP contribution in [-0.2, 0) is 10.0 Å². The third-order valence-corrected chi connectivity index (χ3v) is 5.68. The molecule has 0 amide bonds. The van der Waals surface area contributed by atoms with Crippen LogP contribution in [0.5, 0.6) is 0 Å². The van der Waals surface area contributed by atoms with Crippen molar-refractivity contribution >= 4 is 33.0 Å². The van der Waals surface area contributed by atoms with E-state index in [1.807, 2.05) is 13.8 Å². The predicted octanol–water partition coefficient (Wildman–Crippen LogP) is 2.85. The number of sulfonamides is 1. The van der Waals surface area contributed by atoms with Crippen molar-refractivity contribution in [3.8, 4) is 0 Å².